The van der Waals surface area contributed by atoms with E-state index in [0.29, 0.717) is 26.2 Å². The maximum Gasteiger partial charge on any atom is 0.367 e. The topological polar surface area (TPSA) is 79.8 Å². The molecule has 2 heterocycles. The predicted octanol–water partition coefficient (Wildman–Crippen LogP) is 0.624. The highest BCUT2D eigenvalue weighted by Gasteiger charge is 2.25. The molecule has 8 heteroatoms. The first-order valence-corrected chi connectivity index (χ1v) is 7.58. The van der Waals surface area contributed by atoms with Crippen LogP contribution in [0.2, 0.25) is 0 Å². The molecule has 0 aliphatic carbocycles. The summed E-state index contributed by atoms with van der Waals surface area (Å²) in [6.45, 7) is 5.51. The molecule has 0 N–H and O–H groups in total. The van der Waals surface area contributed by atoms with Gasteiger partial charge in [0.2, 0.25) is 10.9 Å². The summed E-state index contributed by atoms with van der Waals surface area (Å²) in [5, 5.41) is 1.74. The third-order valence-corrected chi connectivity index (χ3v) is 4.01. The van der Waals surface area contributed by atoms with Crippen LogP contribution in [0.5, 0.6) is 0 Å². The van der Waals surface area contributed by atoms with Crippen LogP contribution in [0.15, 0.2) is 5.38 Å². The Bertz CT molecular complexity index is 549. The molecule has 114 valence electrons. The summed E-state index contributed by atoms with van der Waals surface area (Å²) in [6, 6.07) is 0. The average molecular weight is 311 g/mol. The molecule has 1 saturated heterocycles. The van der Waals surface area contributed by atoms with Crippen molar-refractivity contribution in [3.05, 3.63) is 16.1 Å². The van der Waals surface area contributed by atoms with Crippen molar-refractivity contribution < 1.29 is 19.1 Å². The Balaban J connectivity index is 1.98. The molecule has 1 fully saturated rings. The number of piperazine rings is 1. The fourth-order valence-corrected chi connectivity index (χ4v) is 2.73. The van der Waals surface area contributed by atoms with E-state index < -0.39 is 5.97 Å². The largest absolute Gasteiger partial charge is 0.461 e. The standard InChI is InChI=1S/C13H17N3O4S/c1-3-20-13(19)11-14-10(8-21-11)12(18)16-6-4-15(5-7-16)9(2)17/h8H,3-7H2,1-2H3. The highest BCUT2D eigenvalue weighted by molar-refractivity contribution is 7.11. The smallest absolute Gasteiger partial charge is 0.367 e. The molecule has 0 aromatic carbocycles. The molecule has 0 atom stereocenters. The van der Waals surface area contributed by atoms with Gasteiger partial charge in [0.05, 0.1) is 6.61 Å². The first-order valence-electron chi connectivity index (χ1n) is 6.70. The van der Waals surface area contributed by atoms with Gasteiger partial charge in [-0.2, -0.15) is 0 Å². The summed E-state index contributed by atoms with van der Waals surface area (Å²) in [5.41, 5.74) is 0.249. The Hall–Kier alpha value is -1.96. The van der Waals surface area contributed by atoms with Gasteiger partial charge in [0.25, 0.3) is 5.91 Å². The van der Waals surface area contributed by atoms with Crippen LogP contribution in [-0.4, -0.2) is 65.4 Å². The molecule has 1 aliphatic rings. The van der Waals surface area contributed by atoms with Gasteiger partial charge in [-0.15, -0.1) is 11.3 Å². The van der Waals surface area contributed by atoms with Gasteiger partial charge < -0.3 is 14.5 Å². The van der Waals surface area contributed by atoms with Crippen molar-refractivity contribution >= 4 is 29.1 Å². The van der Waals surface area contributed by atoms with Crippen molar-refractivity contribution in [2.75, 3.05) is 32.8 Å². The quantitative estimate of drug-likeness (QED) is 0.765. The Morgan fingerprint density at radius 1 is 1.24 bits per heavy atom. The predicted molar refractivity (Wildman–Crippen MR) is 76.2 cm³/mol. The van der Waals surface area contributed by atoms with Gasteiger partial charge in [-0.25, -0.2) is 9.78 Å². The van der Waals surface area contributed by atoms with Crippen LogP contribution in [0.4, 0.5) is 0 Å². The Labute approximate surface area is 126 Å². The lowest BCUT2D eigenvalue weighted by Gasteiger charge is -2.33. The van der Waals surface area contributed by atoms with Crippen molar-refractivity contribution in [2.45, 2.75) is 13.8 Å². The first kappa shape index (κ1) is 15.4. The van der Waals surface area contributed by atoms with Crippen molar-refractivity contribution in [3.8, 4) is 0 Å². The molecule has 21 heavy (non-hydrogen) atoms. The summed E-state index contributed by atoms with van der Waals surface area (Å²) < 4.78 is 4.85. The van der Waals surface area contributed by atoms with Crippen LogP contribution in [0.3, 0.4) is 0 Å². The van der Waals surface area contributed by atoms with Crippen LogP contribution in [0.25, 0.3) is 0 Å². The van der Waals surface area contributed by atoms with E-state index in [1.165, 1.54) is 6.92 Å². The zero-order chi connectivity index (χ0) is 15.4. The van der Waals surface area contributed by atoms with Crippen LogP contribution in [-0.2, 0) is 9.53 Å². The minimum absolute atomic E-state index is 0.0142. The maximum absolute atomic E-state index is 12.3. The number of nitrogens with zero attached hydrogens (tertiary/aromatic N) is 3. The Morgan fingerprint density at radius 2 is 1.86 bits per heavy atom. The van der Waals surface area contributed by atoms with E-state index in [1.807, 2.05) is 0 Å². The van der Waals surface area contributed by atoms with Gasteiger partial charge in [0, 0.05) is 38.5 Å². The van der Waals surface area contributed by atoms with Gasteiger partial charge in [-0.05, 0) is 6.92 Å². The van der Waals surface area contributed by atoms with Crippen LogP contribution < -0.4 is 0 Å². The molecule has 2 rings (SSSR count). The van der Waals surface area contributed by atoms with E-state index in [2.05, 4.69) is 4.98 Å². The number of thiazole rings is 1. The SMILES string of the molecule is CCOC(=O)c1nc(C(=O)N2CCN(C(C)=O)CC2)cs1. The van der Waals surface area contributed by atoms with E-state index in [1.54, 1.807) is 22.1 Å². The third-order valence-electron chi connectivity index (χ3n) is 3.19. The number of aromatic nitrogens is 1. The average Bonchev–Trinajstić information content (AvgIpc) is 2.96. The van der Waals surface area contributed by atoms with Crippen LogP contribution in [0, 0.1) is 0 Å². The molecular weight excluding hydrogens is 294 g/mol. The second-order valence-electron chi connectivity index (χ2n) is 4.56. The number of carbonyl (C=O) groups is 3. The van der Waals surface area contributed by atoms with E-state index in [0.717, 1.165) is 11.3 Å². The van der Waals surface area contributed by atoms with Gasteiger partial charge >= 0.3 is 5.97 Å². The zero-order valence-electron chi connectivity index (χ0n) is 12.0. The highest BCUT2D eigenvalue weighted by Crippen LogP contribution is 2.14. The summed E-state index contributed by atoms with van der Waals surface area (Å²) >= 11 is 1.10. The normalized spacial score (nSPS) is 15.0. The number of hydrogen-bond donors (Lipinski definition) is 0. The summed E-state index contributed by atoms with van der Waals surface area (Å²) in [6.07, 6.45) is 0. The second kappa shape index (κ2) is 6.66. The lowest BCUT2D eigenvalue weighted by atomic mass is 10.3. The first-order chi connectivity index (χ1) is 10.0. The van der Waals surface area contributed by atoms with Gasteiger partial charge in [0.1, 0.15) is 5.69 Å². The van der Waals surface area contributed by atoms with E-state index in [9.17, 15) is 14.4 Å². The van der Waals surface area contributed by atoms with Gasteiger partial charge in [-0.1, -0.05) is 0 Å². The fourth-order valence-electron chi connectivity index (χ4n) is 2.04. The van der Waals surface area contributed by atoms with Crippen LogP contribution >= 0.6 is 11.3 Å². The third kappa shape index (κ3) is 3.57. The van der Waals surface area contributed by atoms with E-state index >= 15 is 0 Å². The van der Waals surface area contributed by atoms with Crippen molar-refractivity contribution in [1.29, 1.82) is 0 Å². The summed E-state index contributed by atoms with van der Waals surface area (Å²) in [5.74, 6) is -0.715. The molecule has 0 bridgehead atoms. The van der Waals surface area contributed by atoms with Crippen molar-refractivity contribution in [1.82, 2.24) is 14.8 Å². The van der Waals surface area contributed by atoms with E-state index in [-0.39, 0.29) is 29.1 Å². The molecule has 1 aromatic rings. The second-order valence-corrected chi connectivity index (χ2v) is 5.41. The fraction of sp³-hybridized carbons (Fsp3) is 0.538. The molecule has 7 nitrogen and oxygen atoms in total. The minimum atomic E-state index is -0.511. The summed E-state index contributed by atoms with van der Waals surface area (Å²) in [7, 11) is 0. The number of amides is 2. The lowest BCUT2D eigenvalue weighted by molar-refractivity contribution is -0.130. The number of rotatable bonds is 3. The Morgan fingerprint density at radius 3 is 2.43 bits per heavy atom. The van der Waals surface area contributed by atoms with Gasteiger partial charge in [-0.3, -0.25) is 9.59 Å². The molecule has 1 aliphatic heterocycles. The molecule has 1 aromatic heterocycles. The molecular formula is C13H17N3O4S. The number of carbonyl (C=O) groups excluding carboxylic acids is 3. The Kier molecular flexibility index (Phi) is 4.89. The van der Waals surface area contributed by atoms with Gasteiger partial charge in [0.15, 0.2) is 0 Å². The molecule has 0 spiro atoms. The highest BCUT2D eigenvalue weighted by atomic mass is 32.1. The van der Waals surface area contributed by atoms with E-state index in [4.69, 9.17) is 4.74 Å². The molecule has 2 amide bonds. The molecule has 0 saturated carbocycles. The van der Waals surface area contributed by atoms with Crippen molar-refractivity contribution in [3.63, 3.8) is 0 Å². The number of esters is 1. The minimum Gasteiger partial charge on any atom is -0.461 e. The van der Waals surface area contributed by atoms with Crippen molar-refractivity contribution in [2.24, 2.45) is 0 Å². The number of hydrogen-bond acceptors (Lipinski definition) is 6. The summed E-state index contributed by atoms with van der Waals surface area (Å²) in [4.78, 5) is 42.4. The number of ether oxygens (including phenoxy) is 1. The monoisotopic (exact) mass is 311 g/mol. The molecule has 0 unspecified atom stereocenters. The molecule has 0 radical (unpaired) electrons. The zero-order valence-corrected chi connectivity index (χ0v) is 12.8. The van der Waals surface area contributed by atoms with Crippen LogP contribution in [0.1, 0.15) is 34.1 Å². The maximum atomic E-state index is 12.3. The lowest BCUT2D eigenvalue weighted by Crippen LogP contribution is -2.50.